The Kier molecular flexibility index (Phi) is 9.85. The molecule has 37 heavy (non-hydrogen) atoms. The van der Waals surface area contributed by atoms with Gasteiger partial charge < -0.3 is 5.73 Å². The van der Waals surface area contributed by atoms with E-state index in [-0.39, 0.29) is 35.6 Å². The number of rotatable bonds is 11. The van der Waals surface area contributed by atoms with Crippen molar-refractivity contribution >= 4 is 33.3 Å². The molecule has 2 aromatic carbocycles. The molecule has 0 unspecified atom stereocenters. The van der Waals surface area contributed by atoms with Gasteiger partial charge in [0.15, 0.2) is 5.78 Å². The molecule has 0 radical (unpaired) electrons. The summed E-state index contributed by atoms with van der Waals surface area (Å²) in [7, 11) is -4.00. The van der Waals surface area contributed by atoms with Crippen molar-refractivity contribution in [2.45, 2.75) is 44.0 Å². The number of carbonyl (C=O) groups excluding carboxylic acids is 2. The fourth-order valence-electron chi connectivity index (χ4n) is 4.56. The quantitative estimate of drug-likeness (QED) is 0.430. The van der Waals surface area contributed by atoms with Crippen LogP contribution in [0.25, 0.3) is 0 Å². The summed E-state index contributed by atoms with van der Waals surface area (Å²) in [5, 5.41) is 9.35. The minimum atomic E-state index is -4.00. The highest BCUT2D eigenvalue weighted by Gasteiger charge is 2.37. The Morgan fingerprint density at radius 2 is 1.70 bits per heavy atom. The van der Waals surface area contributed by atoms with E-state index in [4.69, 9.17) is 22.6 Å². The summed E-state index contributed by atoms with van der Waals surface area (Å²) in [6, 6.07) is 13.6. The van der Waals surface area contributed by atoms with Crippen molar-refractivity contribution < 1.29 is 18.0 Å². The number of amides is 1. The third-order valence-electron chi connectivity index (χ3n) is 6.64. The van der Waals surface area contributed by atoms with Gasteiger partial charge in [0.05, 0.1) is 23.1 Å². The number of hydrogen-bond donors (Lipinski definition) is 1. The summed E-state index contributed by atoms with van der Waals surface area (Å²) in [5.74, 6) is -0.620. The molecule has 0 spiro atoms. The van der Waals surface area contributed by atoms with Gasteiger partial charge in [-0.15, -0.1) is 0 Å². The first-order chi connectivity index (χ1) is 17.5. The Balaban J connectivity index is 1.72. The third kappa shape index (κ3) is 7.62. The summed E-state index contributed by atoms with van der Waals surface area (Å²) in [6.45, 7) is 5.53. The first kappa shape index (κ1) is 28.8. The van der Waals surface area contributed by atoms with Gasteiger partial charge in [0.25, 0.3) is 0 Å². The van der Waals surface area contributed by atoms with E-state index in [1.165, 1.54) is 28.6 Å². The van der Waals surface area contributed by atoms with Gasteiger partial charge in [-0.1, -0.05) is 37.6 Å². The maximum absolute atomic E-state index is 13.7. The van der Waals surface area contributed by atoms with Crippen LogP contribution in [0.5, 0.6) is 0 Å². The van der Waals surface area contributed by atoms with Crippen LogP contribution in [-0.4, -0.2) is 61.5 Å². The van der Waals surface area contributed by atoms with Gasteiger partial charge in [-0.25, -0.2) is 8.42 Å². The number of piperidine rings is 1. The van der Waals surface area contributed by atoms with E-state index in [1.807, 2.05) is 19.9 Å². The maximum Gasteiger partial charge on any atom is 0.243 e. The zero-order valence-electron chi connectivity index (χ0n) is 21.1. The van der Waals surface area contributed by atoms with Crippen molar-refractivity contribution in [2.24, 2.45) is 17.6 Å². The van der Waals surface area contributed by atoms with Crippen LogP contribution in [-0.2, 0) is 14.8 Å². The second-order valence-electron chi connectivity index (χ2n) is 9.91. The van der Waals surface area contributed by atoms with Gasteiger partial charge in [-0.3, -0.25) is 14.5 Å². The molecule has 1 heterocycles. The molecule has 1 fully saturated rings. The Morgan fingerprint density at radius 1 is 1.11 bits per heavy atom. The predicted octanol–water partition coefficient (Wildman–Crippen LogP) is 3.70. The normalized spacial score (nSPS) is 16.0. The van der Waals surface area contributed by atoms with Gasteiger partial charge in [-0.05, 0) is 80.6 Å². The number of benzene rings is 2. The highest BCUT2D eigenvalue weighted by atomic mass is 35.5. The van der Waals surface area contributed by atoms with Crippen LogP contribution in [0.2, 0.25) is 5.02 Å². The van der Waals surface area contributed by atoms with E-state index in [9.17, 15) is 18.0 Å². The lowest BCUT2D eigenvalue weighted by Gasteiger charge is -2.36. The fraction of sp³-hybridized carbons (Fsp3) is 0.444. The summed E-state index contributed by atoms with van der Waals surface area (Å²) in [6.07, 6.45) is 1.68. The van der Waals surface area contributed by atoms with Gasteiger partial charge >= 0.3 is 0 Å². The summed E-state index contributed by atoms with van der Waals surface area (Å²) >= 11 is 5.96. The number of carbonyl (C=O) groups is 2. The van der Waals surface area contributed by atoms with Crippen LogP contribution in [0, 0.1) is 23.2 Å². The number of nitrogens with zero attached hydrogens (tertiary/aromatic N) is 3. The molecular formula is C27H33ClN4O4S. The largest absolute Gasteiger partial charge is 0.368 e. The fourth-order valence-corrected chi connectivity index (χ4v) is 6.37. The van der Waals surface area contributed by atoms with Crippen molar-refractivity contribution in [1.82, 2.24) is 9.21 Å². The van der Waals surface area contributed by atoms with Gasteiger partial charge in [0, 0.05) is 17.1 Å². The summed E-state index contributed by atoms with van der Waals surface area (Å²) < 4.78 is 28.6. The molecule has 0 saturated carbocycles. The van der Waals surface area contributed by atoms with Crippen LogP contribution in [0.4, 0.5) is 0 Å². The lowest BCUT2D eigenvalue weighted by Crippen LogP contribution is -2.51. The molecule has 1 amide bonds. The van der Waals surface area contributed by atoms with Crippen molar-refractivity contribution in [3.05, 3.63) is 64.7 Å². The molecule has 1 atom stereocenters. The first-order valence-electron chi connectivity index (χ1n) is 12.3. The SMILES string of the molecule is CC(C)C[C@H](C(N)=O)N(CC1CCN(CC(=O)c2ccc(C#N)cc2)CC1)S(=O)(=O)c1ccc(Cl)cc1. The Labute approximate surface area is 224 Å². The highest BCUT2D eigenvalue weighted by Crippen LogP contribution is 2.28. The third-order valence-corrected chi connectivity index (χ3v) is 8.78. The smallest absolute Gasteiger partial charge is 0.243 e. The molecule has 0 aromatic heterocycles. The predicted molar refractivity (Wildman–Crippen MR) is 142 cm³/mol. The minimum Gasteiger partial charge on any atom is -0.368 e. The van der Waals surface area contributed by atoms with Gasteiger partial charge in [-0.2, -0.15) is 9.57 Å². The highest BCUT2D eigenvalue weighted by molar-refractivity contribution is 7.89. The molecule has 1 saturated heterocycles. The number of primary amides is 1. The average molecular weight is 545 g/mol. The molecule has 2 N–H and O–H groups in total. The zero-order chi connectivity index (χ0) is 27.2. The standard InChI is InChI=1S/C27H33ClN4O4S/c1-19(2)15-25(27(30)34)32(37(35,36)24-9-7-23(28)8-10-24)17-21-11-13-31(14-12-21)18-26(33)22-5-3-20(16-29)4-6-22/h3-10,19,21,25H,11-15,17-18H2,1-2H3,(H2,30,34)/t25-/m1/s1. The number of sulfonamides is 1. The monoisotopic (exact) mass is 544 g/mol. The lowest BCUT2D eigenvalue weighted by atomic mass is 9.95. The zero-order valence-corrected chi connectivity index (χ0v) is 22.7. The van der Waals surface area contributed by atoms with Crippen LogP contribution >= 0.6 is 11.6 Å². The number of ketones is 1. The lowest BCUT2D eigenvalue weighted by molar-refractivity contribution is -0.122. The minimum absolute atomic E-state index is 0.0114. The molecular weight excluding hydrogens is 512 g/mol. The molecule has 0 aliphatic carbocycles. The molecule has 2 aromatic rings. The van der Waals surface area contributed by atoms with Crippen molar-refractivity contribution in [3.63, 3.8) is 0 Å². The molecule has 198 valence electrons. The first-order valence-corrected chi connectivity index (χ1v) is 14.2. The topological polar surface area (TPSA) is 125 Å². The number of nitrogens with two attached hydrogens (primary N) is 1. The van der Waals surface area contributed by atoms with E-state index in [1.54, 1.807) is 24.3 Å². The average Bonchev–Trinajstić information content (AvgIpc) is 2.87. The maximum atomic E-state index is 13.7. The molecule has 3 rings (SSSR count). The number of likely N-dealkylation sites (tertiary alicyclic amines) is 1. The molecule has 8 nitrogen and oxygen atoms in total. The van der Waals surface area contributed by atoms with E-state index < -0.39 is 22.0 Å². The number of hydrogen-bond acceptors (Lipinski definition) is 6. The number of Topliss-reactive ketones (excluding diaryl/α,β-unsaturated/α-hetero) is 1. The molecule has 10 heteroatoms. The molecule has 0 bridgehead atoms. The van der Waals surface area contributed by atoms with Crippen molar-refractivity contribution in [2.75, 3.05) is 26.2 Å². The molecule has 1 aliphatic rings. The van der Waals surface area contributed by atoms with Crippen LogP contribution in [0.15, 0.2) is 53.4 Å². The summed E-state index contributed by atoms with van der Waals surface area (Å²) in [5.41, 5.74) is 6.77. The van der Waals surface area contributed by atoms with Crippen LogP contribution in [0.1, 0.15) is 49.0 Å². The van der Waals surface area contributed by atoms with Gasteiger partial charge in [0.2, 0.25) is 15.9 Å². The summed E-state index contributed by atoms with van der Waals surface area (Å²) in [4.78, 5) is 27.2. The Morgan fingerprint density at radius 3 is 2.22 bits per heavy atom. The van der Waals surface area contributed by atoms with Gasteiger partial charge in [0.1, 0.15) is 6.04 Å². The molecule has 1 aliphatic heterocycles. The van der Waals surface area contributed by atoms with E-state index in [0.29, 0.717) is 48.5 Å². The van der Waals surface area contributed by atoms with Crippen LogP contribution in [0.3, 0.4) is 0 Å². The van der Waals surface area contributed by atoms with Crippen LogP contribution < -0.4 is 5.73 Å². The van der Waals surface area contributed by atoms with E-state index >= 15 is 0 Å². The van der Waals surface area contributed by atoms with E-state index in [0.717, 1.165) is 0 Å². The second kappa shape index (κ2) is 12.7. The second-order valence-corrected chi connectivity index (χ2v) is 12.2. The Hall–Kier alpha value is -2.77. The number of halogens is 1. The Bertz CT molecular complexity index is 1230. The number of nitriles is 1. The van der Waals surface area contributed by atoms with Crippen molar-refractivity contribution in [3.8, 4) is 6.07 Å². The van der Waals surface area contributed by atoms with E-state index in [2.05, 4.69) is 4.90 Å². The van der Waals surface area contributed by atoms with Crippen molar-refractivity contribution in [1.29, 1.82) is 5.26 Å².